The molecule has 0 unspecified atom stereocenters. The largest absolute Gasteiger partial charge is 0.397 e. The van der Waals surface area contributed by atoms with Gasteiger partial charge in [-0.15, -0.1) is 0 Å². The minimum Gasteiger partial charge on any atom is -0.397 e. The molecule has 1 rings (SSSR count). The highest BCUT2D eigenvalue weighted by Gasteiger charge is 2.05. The molecule has 1 amide bonds. The van der Waals surface area contributed by atoms with Crippen molar-refractivity contribution in [1.82, 2.24) is 4.90 Å². The summed E-state index contributed by atoms with van der Waals surface area (Å²) in [6.45, 7) is 3.18. The SMILES string of the molecule is CCNc1ccc(NC(=O)CN(C)C)cc1N. The van der Waals surface area contributed by atoms with E-state index in [0.717, 1.165) is 17.9 Å². The molecule has 0 aliphatic heterocycles. The van der Waals surface area contributed by atoms with E-state index in [2.05, 4.69) is 10.6 Å². The number of carbonyl (C=O) groups excluding carboxylic acids is 1. The lowest BCUT2D eigenvalue weighted by molar-refractivity contribution is -0.116. The minimum absolute atomic E-state index is 0.0504. The maximum absolute atomic E-state index is 11.5. The number of rotatable bonds is 5. The van der Waals surface area contributed by atoms with Crippen molar-refractivity contribution < 1.29 is 4.79 Å². The normalized spacial score (nSPS) is 10.4. The summed E-state index contributed by atoms with van der Waals surface area (Å²) in [6.07, 6.45) is 0. The zero-order valence-corrected chi connectivity index (χ0v) is 10.6. The first kappa shape index (κ1) is 13.3. The van der Waals surface area contributed by atoms with E-state index in [4.69, 9.17) is 5.73 Å². The number of benzene rings is 1. The Morgan fingerprint density at radius 2 is 2.12 bits per heavy atom. The van der Waals surface area contributed by atoms with E-state index in [0.29, 0.717) is 12.2 Å². The van der Waals surface area contributed by atoms with E-state index in [9.17, 15) is 4.79 Å². The number of nitrogens with zero attached hydrogens (tertiary/aromatic N) is 1. The maximum atomic E-state index is 11.5. The Balaban J connectivity index is 2.67. The quantitative estimate of drug-likeness (QED) is 0.672. The second-order valence-corrected chi connectivity index (χ2v) is 4.12. The lowest BCUT2D eigenvalue weighted by atomic mass is 10.2. The Hall–Kier alpha value is -1.75. The van der Waals surface area contributed by atoms with Gasteiger partial charge in [-0.3, -0.25) is 4.79 Å². The van der Waals surface area contributed by atoms with Crippen LogP contribution in [0.3, 0.4) is 0 Å². The van der Waals surface area contributed by atoms with E-state index in [1.54, 1.807) is 6.07 Å². The molecule has 0 fully saturated rings. The third kappa shape index (κ3) is 4.32. The van der Waals surface area contributed by atoms with Gasteiger partial charge in [0.1, 0.15) is 0 Å². The molecule has 0 aromatic heterocycles. The summed E-state index contributed by atoms with van der Waals surface area (Å²) in [5.74, 6) is -0.0504. The van der Waals surface area contributed by atoms with E-state index in [1.807, 2.05) is 38.1 Å². The number of anilines is 3. The molecule has 1 aromatic rings. The second kappa shape index (κ2) is 6.10. The molecule has 0 aliphatic rings. The van der Waals surface area contributed by atoms with Gasteiger partial charge in [0.05, 0.1) is 17.9 Å². The third-order valence-corrected chi connectivity index (χ3v) is 2.16. The van der Waals surface area contributed by atoms with Crippen molar-refractivity contribution in [3.05, 3.63) is 18.2 Å². The molecule has 0 spiro atoms. The molecule has 0 bridgehead atoms. The molecule has 0 radical (unpaired) electrons. The lowest BCUT2D eigenvalue weighted by Gasteiger charge is -2.12. The van der Waals surface area contributed by atoms with Crippen LogP contribution in [0.4, 0.5) is 17.1 Å². The Bertz CT molecular complexity index is 390. The number of hydrogen-bond acceptors (Lipinski definition) is 4. The number of likely N-dealkylation sites (N-methyl/N-ethyl adjacent to an activating group) is 1. The van der Waals surface area contributed by atoms with Gasteiger partial charge < -0.3 is 21.3 Å². The van der Waals surface area contributed by atoms with Gasteiger partial charge in [-0.2, -0.15) is 0 Å². The number of carbonyl (C=O) groups is 1. The fraction of sp³-hybridized carbons (Fsp3) is 0.417. The zero-order chi connectivity index (χ0) is 12.8. The molecular formula is C12H20N4O. The van der Waals surface area contributed by atoms with Crippen LogP contribution >= 0.6 is 0 Å². The molecule has 5 nitrogen and oxygen atoms in total. The molecular weight excluding hydrogens is 216 g/mol. The number of nitrogens with two attached hydrogens (primary N) is 1. The summed E-state index contributed by atoms with van der Waals surface area (Å²) in [5, 5.41) is 5.94. The standard InChI is InChI=1S/C12H20N4O/c1-4-14-11-6-5-9(7-10(11)13)15-12(17)8-16(2)3/h5-7,14H,4,8,13H2,1-3H3,(H,15,17). The lowest BCUT2D eigenvalue weighted by Crippen LogP contribution is -2.27. The van der Waals surface area contributed by atoms with Crippen LogP contribution in [0.5, 0.6) is 0 Å². The molecule has 17 heavy (non-hydrogen) atoms. The molecule has 1 aromatic carbocycles. The van der Waals surface area contributed by atoms with Gasteiger partial charge in [-0.1, -0.05) is 0 Å². The molecule has 0 atom stereocenters. The average Bonchev–Trinajstić information content (AvgIpc) is 2.21. The van der Waals surface area contributed by atoms with Crippen LogP contribution in [0.2, 0.25) is 0 Å². The van der Waals surface area contributed by atoms with E-state index < -0.39 is 0 Å². The Morgan fingerprint density at radius 3 is 2.65 bits per heavy atom. The smallest absolute Gasteiger partial charge is 0.238 e. The van der Waals surface area contributed by atoms with Crippen LogP contribution in [-0.2, 0) is 4.79 Å². The summed E-state index contributed by atoms with van der Waals surface area (Å²) in [6, 6.07) is 5.46. The van der Waals surface area contributed by atoms with Crippen molar-refractivity contribution in [1.29, 1.82) is 0 Å². The van der Waals surface area contributed by atoms with Gasteiger partial charge >= 0.3 is 0 Å². The van der Waals surface area contributed by atoms with Crippen molar-refractivity contribution in [3.63, 3.8) is 0 Å². The van der Waals surface area contributed by atoms with E-state index >= 15 is 0 Å². The van der Waals surface area contributed by atoms with Gasteiger partial charge in [-0.25, -0.2) is 0 Å². The predicted molar refractivity (Wildman–Crippen MR) is 72.2 cm³/mol. The van der Waals surface area contributed by atoms with E-state index in [-0.39, 0.29) is 5.91 Å². The fourth-order valence-corrected chi connectivity index (χ4v) is 1.48. The number of amides is 1. The molecule has 0 aliphatic carbocycles. The first-order valence-corrected chi connectivity index (χ1v) is 5.61. The van der Waals surface area contributed by atoms with Gasteiger partial charge in [0.2, 0.25) is 5.91 Å². The van der Waals surface area contributed by atoms with Gasteiger partial charge in [0, 0.05) is 12.2 Å². The highest BCUT2D eigenvalue weighted by Crippen LogP contribution is 2.22. The monoisotopic (exact) mass is 236 g/mol. The van der Waals surface area contributed by atoms with Gasteiger partial charge in [0.15, 0.2) is 0 Å². The van der Waals surface area contributed by atoms with E-state index in [1.165, 1.54) is 0 Å². The van der Waals surface area contributed by atoms with Crippen LogP contribution < -0.4 is 16.4 Å². The predicted octanol–water partition coefficient (Wildman–Crippen LogP) is 1.20. The van der Waals surface area contributed by atoms with Crippen molar-refractivity contribution in [2.24, 2.45) is 0 Å². The van der Waals surface area contributed by atoms with Crippen molar-refractivity contribution >= 4 is 23.0 Å². The van der Waals surface area contributed by atoms with Gasteiger partial charge in [-0.05, 0) is 39.2 Å². The number of nitrogen functional groups attached to an aromatic ring is 1. The van der Waals surface area contributed by atoms with Crippen molar-refractivity contribution in [2.45, 2.75) is 6.92 Å². The zero-order valence-electron chi connectivity index (χ0n) is 10.6. The summed E-state index contributed by atoms with van der Waals surface area (Å²) < 4.78 is 0. The third-order valence-electron chi connectivity index (χ3n) is 2.16. The Kier molecular flexibility index (Phi) is 4.78. The van der Waals surface area contributed by atoms with Crippen LogP contribution in [0, 0.1) is 0 Å². The highest BCUT2D eigenvalue weighted by atomic mass is 16.2. The van der Waals surface area contributed by atoms with Crippen molar-refractivity contribution in [2.75, 3.05) is 43.6 Å². The topological polar surface area (TPSA) is 70.4 Å². The Labute approximate surface area is 102 Å². The summed E-state index contributed by atoms with van der Waals surface area (Å²) in [5.41, 5.74) is 8.10. The molecule has 0 saturated heterocycles. The molecule has 5 heteroatoms. The summed E-state index contributed by atoms with van der Waals surface area (Å²) in [7, 11) is 3.70. The number of nitrogens with one attached hydrogen (secondary N) is 2. The summed E-state index contributed by atoms with van der Waals surface area (Å²) >= 11 is 0. The molecule has 94 valence electrons. The first-order valence-electron chi connectivity index (χ1n) is 5.61. The van der Waals surface area contributed by atoms with Gasteiger partial charge in [0.25, 0.3) is 0 Å². The van der Waals surface area contributed by atoms with Crippen LogP contribution in [0.25, 0.3) is 0 Å². The number of hydrogen-bond donors (Lipinski definition) is 3. The highest BCUT2D eigenvalue weighted by molar-refractivity contribution is 5.93. The average molecular weight is 236 g/mol. The molecule has 0 heterocycles. The minimum atomic E-state index is -0.0504. The molecule has 4 N–H and O–H groups in total. The second-order valence-electron chi connectivity index (χ2n) is 4.12. The van der Waals surface area contributed by atoms with Crippen LogP contribution in [0.15, 0.2) is 18.2 Å². The van der Waals surface area contributed by atoms with Crippen LogP contribution in [0.1, 0.15) is 6.92 Å². The van der Waals surface area contributed by atoms with Crippen LogP contribution in [-0.4, -0.2) is 38.0 Å². The maximum Gasteiger partial charge on any atom is 0.238 e. The first-order chi connectivity index (χ1) is 8.02. The van der Waals surface area contributed by atoms with Crippen molar-refractivity contribution in [3.8, 4) is 0 Å². The fourth-order valence-electron chi connectivity index (χ4n) is 1.48. The summed E-state index contributed by atoms with van der Waals surface area (Å²) in [4.78, 5) is 13.3. The Morgan fingerprint density at radius 1 is 1.41 bits per heavy atom. The molecule has 0 saturated carbocycles.